The minimum Gasteiger partial charge on any atom is -0.465 e. The number of likely N-dealkylation sites (tertiary alicyclic amines) is 1. The van der Waals surface area contributed by atoms with E-state index in [9.17, 15) is 9.59 Å². The first-order valence-electron chi connectivity index (χ1n) is 10.7. The van der Waals surface area contributed by atoms with Crippen molar-refractivity contribution in [3.63, 3.8) is 0 Å². The van der Waals surface area contributed by atoms with Crippen LogP contribution in [0.5, 0.6) is 0 Å². The Bertz CT molecular complexity index is 370. The quantitative estimate of drug-likeness (QED) is 0.234. The second-order valence-electron chi connectivity index (χ2n) is 7.37. The Kier molecular flexibility index (Phi) is 12.4. The molecule has 0 aromatic heterocycles. The van der Waals surface area contributed by atoms with Gasteiger partial charge in [-0.2, -0.15) is 0 Å². The van der Waals surface area contributed by atoms with Crippen LogP contribution >= 0.6 is 0 Å². The topological polar surface area (TPSA) is 46.6 Å². The summed E-state index contributed by atoms with van der Waals surface area (Å²) in [6.07, 6.45) is 15.3. The predicted octanol–water partition coefficient (Wildman–Crippen LogP) is 5.10. The van der Waals surface area contributed by atoms with Crippen LogP contribution in [0, 0.1) is 5.92 Å². The molecule has 4 heteroatoms. The van der Waals surface area contributed by atoms with Crippen LogP contribution in [0.1, 0.15) is 97.3 Å². The summed E-state index contributed by atoms with van der Waals surface area (Å²) >= 11 is 0. The van der Waals surface area contributed by atoms with E-state index in [4.69, 9.17) is 4.74 Å². The molecule has 1 aliphatic heterocycles. The summed E-state index contributed by atoms with van der Waals surface area (Å²) in [5.74, 6) is -0.874. The standard InChI is InChI=1S/C21H39NO3/c1-3-5-7-8-9-10-11-12-13-14-18-25-21(24)19-15-17-22(20(19)23)16-6-4-2/h19H,3-18H2,1-2H3. The van der Waals surface area contributed by atoms with Crippen molar-refractivity contribution in [3.8, 4) is 0 Å². The molecule has 4 nitrogen and oxygen atoms in total. The van der Waals surface area contributed by atoms with E-state index in [1.165, 1.54) is 51.4 Å². The second-order valence-corrected chi connectivity index (χ2v) is 7.37. The number of rotatable bonds is 15. The minimum absolute atomic E-state index is 0.0264. The van der Waals surface area contributed by atoms with E-state index in [0.29, 0.717) is 19.6 Å². The first kappa shape index (κ1) is 22.0. The number of ether oxygens (including phenoxy) is 1. The molecule has 0 saturated carbocycles. The van der Waals surface area contributed by atoms with E-state index in [2.05, 4.69) is 13.8 Å². The molecular formula is C21H39NO3. The van der Waals surface area contributed by atoms with Gasteiger partial charge in [0, 0.05) is 13.1 Å². The second kappa shape index (κ2) is 14.1. The lowest BCUT2D eigenvalue weighted by Gasteiger charge is -2.15. The van der Waals surface area contributed by atoms with Crippen LogP contribution < -0.4 is 0 Å². The Balaban J connectivity index is 1.98. The largest absolute Gasteiger partial charge is 0.465 e. The molecule has 1 aliphatic rings. The molecule has 1 fully saturated rings. The van der Waals surface area contributed by atoms with E-state index in [0.717, 1.165) is 32.2 Å². The van der Waals surface area contributed by atoms with Gasteiger partial charge >= 0.3 is 5.97 Å². The van der Waals surface area contributed by atoms with Crippen molar-refractivity contribution in [2.45, 2.75) is 97.3 Å². The van der Waals surface area contributed by atoms with Gasteiger partial charge in [0.1, 0.15) is 5.92 Å². The molecule has 25 heavy (non-hydrogen) atoms. The first-order valence-corrected chi connectivity index (χ1v) is 10.7. The predicted molar refractivity (Wildman–Crippen MR) is 102 cm³/mol. The van der Waals surface area contributed by atoms with Gasteiger partial charge < -0.3 is 9.64 Å². The van der Waals surface area contributed by atoms with Crippen molar-refractivity contribution < 1.29 is 14.3 Å². The van der Waals surface area contributed by atoms with Gasteiger partial charge in [0.05, 0.1) is 6.61 Å². The van der Waals surface area contributed by atoms with Crippen molar-refractivity contribution >= 4 is 11.9 Å². The number of nitrogens with zero attached hydrogens (tertiary/aromatic N) is 1. The highest BCUT2D eigenvalue weighted by molar-refractivity contribution is 5.99. The summed E-state index contributed by atoms with van der Waals surface area (Å²) in [6.45, 7) is 6.30. The molecule has 146 valence electrons. The van der Waals surface area contributed by atoms with Crippen LogP contribution in [0.3, 0.4) is 0 Å². The molecule has 0 bridgehead atoms. The van der Waals surface area contributed by atoms with Gasteiger partial charge in [-0.25, -0.2) is 0 Å². The van der Waals surface area contributed by atoms with Crippen LogP contribution in [-0.2, 0) is 14.3 Å². The normalized spacial score (nSPS) is 17.3. The third-order valence-corrected chi connectivity index (χ3v) is 5.11. The number of carbonyl (C=O) groups is 2. The lowest BCUT2D eigenvalue weighted by Crippen LogP contribution is -2.32. The molecule has 1 saturated heterocycles. The van der Waals surface area contributed by atoms with Crippen LogP contribution in [0.4, 0.5) is 0 Å². The molecule has 1 heterocycles. The molecule has 0 aliphatic carbocycles. The summed E-state index contributed by atoms with van der Waals surface area (Å²) in [5.41, 5.74) is 0. The third-order valence-electron chi connectivity index (χ3n) is 5.11. The Labute approximate surface area is 154 Å². The summed E-state index contributed by atoms with van der Waals surface area (Å²) in [7, 11) is 0. The number of hydrogen-bond donors (Lipinski definition) is 0. The number of amides is 1. The third kappa shape index (κ3) is 9.27. The molecule has 1 atom stereocenters. The molecule has 1 unspecified atom stereocenters. The monoisotopic (exact) mass is 353 g/mol. The fourth-order valence-corrected chi connectivity index (χ4v) is 3.39. The zero-order valence-corrected chi connectivity index (χ0v) is 16.6. The average Bonchev–Trinajstić information content (AvgIpc) is 2.98. The SMILES string of the molecule is CCCCCCCCCCCCOC(=O)C1CCN(CCCC)C1=O. The van der Waals surface area contributed by atoms with Crippen molar-refractivity contribution in [1.82, 2.24) is 4.90 Å². The zero-order valence-electron chi connectivity index (χ0n) is 16.6. The molecule has 0 N–H and O–H groups in total. The smallest absolute Gasteiger partial charge is 0.318 e. The van der Waals surface area contributed by atoms with Crippen LogP contribution in [0.15, 0.2) is 0 Å². The highest BCUT2D eigenvalue weighted by Crippen LogP contribution is 2.20. The summed E-state index contributed by atoms with van der Waals surface area (Å²) in [6, 6.07) is 0. The maximum atomic E-state index is 12.2. The van der Waals surface area contributed by atoms with Crippen molar-refractivity contribution in [2.24, 2.45) is 5.92 Å². The highest BCUT2D eigenvalue weighted by atomic mass is 16.5. The average molecular weight is 354 g/mol. The lowest BCUT2D eigenvalue weighted by molar-refractivity contribution is -0.152. The van der Waals surface area contributed by atoms with Gasteiger partial charge in [-0.1, -0.05) is 78.1 Å². The summed E-state index contributed by atoms with van der Waals surface area (Å²) in [4.78, 5) is 26.1. The van der Waals surface area contributed by atoms with E-state index in [1.807, 2.05) is 4.90 Å². The van der Waals surface area contributed by atoms with Gasteiger partial charge in [-0.15, -0.1) is 0 Å². The molecule has 0 aromatic rings. The highest BCUT2D eigenvalue weighted by Gasteiger charge is 2.37. The van der Waals surface area contributed by atoms with Gasteiger partial charge in [-0.05, 0) is 19.3 Å². The fourth-order valence-electron chi connectivity index (χ4n) is 3.39. The number of esters is 1. The zero-order chi connectivity index (χ0) is 18.3. The van der Waals surface area contributed by atoms with E-state index in [1.54, 1.807) is 0 Å². The molecular weight excluding hydrogens is 314 g/mol. The van der Waals surface area contributed by atoms with Gasteiger partial charge in [0.25, 0.3) is 0 Å². The Morgan fingerprint density at radius 2 is 1.48 bits per heavy atom. The van der Waals surface area contributed by atoms with Crippen molar-refractivity contribution in [1.29, 1.82) is 0 Å². The number of hydrogen-bond acceptors (Lipinski definition) is 3. The molecule has 0 radical (unpaired) electrons. The molecule has 1 amide bonds. The van der Waals surface area contributed by atoms with E-state index >= 15 is 0 Å². The Hall–Kier alpha value is -1.06. The van der Waals surface area contributed by atoms with Crippen molar-refractivity contribution in [2.75, 3.05) is 19.7 Å². The molecule has 0 spiro atoms. The first-order chi connectivity index (χ1) is 12.2. The summed E-state index contributed by atoms with van der Waals surface area (Å²) in [5, 5.41) is 0. The molecule has 0 aromatic carbocycles. The van der Waals surface area contributed by atoms with Gasteiger partial charge in [0.15, 0.2) is 0 Å². The maximum absolute atomic E-state index is 12.2. The van der Waals surface area contributed by atoms with E-state index in [-0.39, 0.29) is 11.9 Å². The lowest BCUT2D eigenvalue weighted by atomic mass is 10.1. The van der Waals surface area contributed by atoms with Crippen LogP contribution in [0.2, 0.25) is 0 Å². The number of carbonyl (C=O) groups excluding carboxylic acids is 2. The van der Waals surface area contributed by atoms with Gasteiger partial charge in [0.2, 0.25) is 5.91 Å². The number of unbranched alkanes of at least 4 members (excludes halogenated alkanes) is 10. The Morgan fingerprint density at radius 3 is 2.08 bits per heavy atom. The maximum Gasteiger partial charge on any atom is 0.318 e. The van der Waals surface area contributed by atoms with Gasteiger partial charge in [-0.3, -0.25) is 9.59 Å². The van der Waals surface area contributed by atoms with Crippen LogP contribution in [-0.4, -0.2) is 36.5 Å². The fraction of sp³-hybridized carbons (Fsp3) is 0.905. The van der Waals surface area contributed by atoms with Crippen LogP contribution in [0.25, 0.3) is 0 Å². The summed E-state index contributed by atoms with van der Waals surface area (Å²) < 4.78 is 5.33. The molecule has 1 rings (SSSR count). The van der Waals surface area contributed by atoms with Crippen molar-refractivity contribution in [3.05, 3.63) is 0 Å². The Morgan fingerprint density at radius 1 is 0.920 bits per heavy atom. The van der Waals surface area contributed by atoms with E-state index < -0.39 is 5.92 Å². The minimum atomic E-state index is -0.542.